The molecule has 0 unspecified atom stereocenters. The Hall–Kier alpha value is -4.18. The van der Waals surface area contributed by atoms with Gasteiger partial charge < -0.3 is 15.8 Å². The maximum absolute atomic E-state index is 12.9. The summed E-state index contributed by atoms with van der Waals surface area (Å²) in [5.41, 5.74) is 4.93. The van der Waals surface area contributed by atoms with E-state index in [4.69, 9.17) is 22.1 Å². The number of nitrogens with zero attached hydrogens (tertiary/aromatic N) is 2. The van der Waals surface area contributed by atoms with E-state index in [2.05, 4.69) is 5.32 Å². The summed E-state index contributed by atoms with van der Waals surface area (Å²) in [4.78, 5) is 63.7. The van der Waals surface area contributed by atoms with E-state index < -0.39 is 47.1 Å². The number of anilines is 1. The van der Waals surface area contributed by atoms with Crippen LogP contribution in [0.3, 0.4) is 0 Å². The second kappa shape index (κ2) is 11.7. The lowest BCUT2D eigenvalue weighted by Crippen LogP contribution is -2.46. The van der Waals surface area contributed by atoms with Crippen LogP contribution >= 0.6 is 11.6 Å². The number of ether oxygens (including phenoxy) is 1. The minimum absolute atomic E-state index is 0.0309. The van der Waals surface area contributed by atoms with Gasteiger partial charge in [0.1, 0.15) is 17.4 Å². The Morgan fingerprint density at radius 3 is 2.27 bits per heavy atom. The number of nitrogens with one attached hydrogen (secondary N) is 1. The molecule has 0 spiro atoms. The zero-order chi connectivity index (χ0) is 27.3. The normalized spacial score (nSPS) is 11.7. The average molecular weight is 527 g/mol. The summed E-state index contributed by atoms with van der Waals surface area (Å²) >= 11 is 6.06. The number of halogens is 1. The van der Waals surface area contributed by atoms with Gasteiger partial charge in [0.25, 0.3) is 11.5 Å². The summed E-state index contributed by atoms with van der Waals surface area (Å²) in [6.45, 7) is 2.60. The number of benzene rings is 2. The highest BCUT2D eigenvalue weighted by molar-refractivity contribution is 6.33. The molecule has 0 bridgehead atoms. The standard InChI is InChI=1S/C26H27ClN4O6/c1-15(2)21(29-23(33)17-11-7-8-12-18(17)27)25(35)37-14-19(32)20-22(28)31(26(36)30(3)24(20)34)13-16-9-5-4-6-10-16/h4-12,15,21H,13-14,28H2,1-3H3,(H,29,33)/t21-/m0/s1. The van der Waals surface area contributed by atoms with Crippen molar-refractivity contribution in [3.63, 3.8) is 0 Å². The minimum atomic E-state index is -1.09. The monoisotopic (exact) mass is 526 g/mol. The van der Waals surface area contributed by atoms with Crippen LogP contribution in [0.1, 0.15) is 40.1 Å². The van der Waals surface area contributed by atoms with Crippen LogP contribution in [0.25, 0.3) is 0 Å². The van der Waals surface area contributed by atoms with Gasteiger partial charge in [-0.15, -0.1) is 0 Å². The predicted molar refractivity (Wildman–Crippen MR) is 139 cm³/mol. The first-order valence-corrected chi connectivity index (χ1v) is 11.8. The van der Waals surface area contributed by atoms with Crippen LogP contribution in [0.5, 0.6) is 0 Å². The summed E-state index contributed by atoms with van der Waals surface area (Å²) in [6.07, 6.45) is 0. The van der Waals surface area contributed by atoms with Crippen molar-refractivity contribution in [2.45, 2.75) is 26.4 Å². The highest BCUT2D eigenvalue weighted by atomic mass is 35.5. The van der Waals surface area contributed by atoms with E-state index in [9.17, 15) is 24.0 Å². The Bertz CT molecular complexity index is 1450. The Balaban J connectivity index is 1.80. The van der Waals surface area contributed by atoms with E-state index in [1.165, 1.54) is 13.1 Å². The molecule has 37 heavy (non-hydrogen) atoms. The summed E-state index contributed by atoms with van der Waals surface area (Å²) in [6, 6.07) is 14.1. The molecule has 3 aromatic rings. The van der Waals surface area contributed by atoms with Gasteiger partial charge in [-0.2, -0.15) is 0 Å². The SMILES string of the molecule is CC(C)[C@H](NC(=O)c1ccccc1Cl)C(=O)OCC(=O)c1c(N)n(Cc2ccccc2)c(=O)n(C)c1=O. The molecule has 3 rings (SSSR count). The maximum atomic E-state index is 12.9. The van der Waals surface area contributed by atoms with Crippen molar-refractivity contribution < 1.29 is 19.1 Å². The van der Waals surface area contributed by atoms with Gasteiger partial charge in [0.05, 0.1) is 17.1 Å². The second-order valence-electron chi connectivity index (χ2n) is 8.68. The van der Waals surface area contributed by atoms with Crippen molar-refractivity contribution >= 4 is 35.1 Å². The van der Waals surface area contributed by atoms with Crippen LogP contribution in [-0.4, -0.2) is 39.4 Å². The van der Waals surface area contributed by atoms with E-state index in [1.54, 1.807) is 62.4 Å². The number of ketones is 1. The van der Waals surface area contributed by atoms with E-state index in [-0.39, 0.29) is 28.9 Å². The number of carbonyl (C=O) groups excluding carboxylic acids is 3. The van der Waals surface area contributed by atoms with Crippen molar-refractivity contribution in [3.05, 3.63) is 97.1 Å². The maximum Gasteiger partial charge on any atom is 0.332 e. The lowest BCUT2D eigenvalue weighted by atomic mass is 10.0. The lowest BCUT2D eigenvalue weighted by molar-refractivity contribution is -0.145. The molecule has 2 aromatic carbocycles. The molecule has 0 fully saturated rings. The summed E-state index contributed by atoms with van der Waals surface area (Å²) in [7, 11) is 1.23. The smallest absolute Gasteiger partial charge is 0.332 e. The molecule has 1 atom stereocenters. The molecule has 0 aliphatic rings. The number of hydrogen-bond acceptors (Lipinski definition) is 7. The van der Waals surface area contributed by atoms with E-state index in [1.807, 2.05) is 0 Å². The van der Waals surface area contributed by atoms with Crippen molar-refractivity contribution in [1.29, 1.82) is 0 Å². The van der Waals surface area contributed by atoms with E-state index in [0.29, 0.717) is 0 Å². The lowest BCUT2D eigenvalue weighted by Gasteiger charge is -2.21. The van der Waals surface area contributed by atoms with Crippen LogP contribution in [-0.2, 0) is 23.1 Å². The number of nitrogen functional groups attached to an aromatic ring is 1. The molecular formula is C26H27ClN4O6. The fourth-order valence-corrected chi connectivity index (χ4v) is 3.85. The molecule has 0 radical (unpaired) electrons. The van der Waals surface area contributed by atoms with Crippen LogP contribution < -0.4 is 22.3 Å². The first kappa shape index (κ1) is 27.4. The summed E-state index contributed by atoms with van der Waals surface area (Å²) < 4.78 is 7.04. The Morgan fingerprint density at radius 1 is 1.03 bits per heavy atom. The van der Waals surface area contributed by atoms with Crippen molar-refractivity contribution in [2.75, 3.05) is 12.3 Å². The number of amides is 1. The third-order valence-electron chi connectivity index (χ3n) is 5.72. The molecule has 1 aromatic heterocycles. The predicted octanol–water partition coefficient (Wildman–Crippen LogP) is 2.01. The molecule has 11 heteroatoms. The molecule has 194 valence electrons. The number of rotatable bonds is 9. The average Bonchev–Trinajstić information content (AvgIpc) is 2.87. The van der Waals surface area contributed by atoms with Gasteiger partial charge in [0, 0.05) is 7.05 Å². The highest BCUT2D eigenvalue weighted by Gasteiger charge is 2.29. The third kappa shape index (κ3) is 6.15. The summed E-state index contributed by atoms with van der Waals surface area (Å²) in [5.74, 6) is -3.06. The molecule has 1 amide bonds. The molecule has 0 saturated heterocycles. The molecule has 3 N–H and O–H groups in total. The van der Waals surface area contributed by atoms with Gasteiger partial charge in [0.2, 0.25) is 5.78 Å². The molecule has 1 heterocycles. The van der Waals surface area contributed by atoms with E-state index >= 15 is 0 Å². The van der Waals surface area contributed by atoms with Crippen molar-refractivity contribution in [2.24, 2.45) is 13.0 Å². The molecule has 0 aliphatic carbocycles. The van der Waals surface area contributed by atoms with Crippen LogP contribution in [0, 0.1) is 5.92 Å². The van der Waals surface area contributed by atoms with Crippen LogP contribution in [0.2, 0.25) is 5.02 Å². The first-order valence-electron chi connectivity index (χ1n) is 11.4. The van der Waals surface area contributed by atoms with Crippen LogP contribution in [0.4, 0.5) is 5.82 Å². The quantitative estimate of drug-likeness (QED) is 0.321. The topological polar surface area (TPSA) is 142 Å². The number of aromatic nitrogens is 2. The molecular weight excluding hydrogens is 500 g/mol. The number of carbonyl (C=O) groups is 3. The third-order valence-corrected chi connectivity index (χ3v) is 6.05. The van der Waals surface area contributed by atoms with Crippen LogP contribution in [0.15, 0.2) is 64.2 Å². The fraction of sp³-hybridized carbons (Fsp3) is 0.269. The molecule has 10 nitrogen and oxygen atoms in total. The molecule has 0 aliphatic heterocycles. The summed E-state index contributed by atoms with van der Waals surface area (Å²) in [5, 5.41) is 2.78. The zero-order valence-corrected chi connectivity index (χ0v) is 21.3. The molecule has 0 saturated carbocycles. The Labute approximate surface area is 217 Å². The second-order valence-corrected chi connectivity index (χ2v) is 9.09. The first-order chi connectivity index (χ1) is 17.5. The van der Waals surface area contributed by atoms with Gasteiger partial charge in [-0.1, -0.05) is 67.9 Å². The van der Waals surface area contributed by atoms with Gasteiger partial charge in [0.15, 0.2) is 6.61 Å². The van der Waals surface area contributed by atoms with Gasteiger partial charge in [-0.25, -0.2) is 9.59 Å². The van der Waals surface area contributed by atoms with E-state index in [0.717, 1.165) is 14.7 Å². The minimum Gasteiger partial charge on any atom is -0.456 e. The largest absolute Gasteiger partial charge is 0.456 e. The Morgan fingerprint density at radius 2 is 1.65 bits per heavy atom. The van der Waals surface area contributed by atoms with Gasteiger partial charge in [-0.05, 0) is 23.6 Å². The van der Waals surface area contributed by atoms with Crippen molar-refractivity contribution in [1.82, 2.24) is 14.5 Å². The number of hydrogen-bond donors (Lipinski definition) is 2. The number of nitrogens with two attached hydrogens (primary N) is 1. The number of Topliss-reactive ketones (excluding diaryl/α,β-unsaturated/α-hetero) is 1. The van der Waals surface area contributed by atoms with Crippen molar-refractivity contribution in [3.8, 4) is 0 Å². The van der Waals surface area contributed by atoms with Gasteiger partial charge >= 0.3 is 11.7 Å². The zero-order valence-electron chi connectivity index (χ0n) is 20.6. The Kier molecular flexibility index (Phi) is 8.67. The fourth-order valence-electron chi connectivity index (χ4n) is 3.62. The highest BCUT2D eigenvalue weighted by Crippen LogP contribution is 2.16. The van der Waals surface area contributed by atoms with Gasteiger partial charge in [-0.3, -0.25) is 23.5 Å². The number of esters is 1.